The second-order valence-electron chi connectivity index (χ2n) is 4.01. The van der Waals surface area contributed by atoms with Crippen LogP contribution in [-0.4, -0.2) is 17.8 Å². The van der Waals surface area contributed by atoms with E-state index in [4.69, 9.17) is 4.74 Å². The summed E-state index contributed by atoms with van der Waals surface area (Å²) >= 11 is 0. The first-order valence-corrected chi connectivity index (χ1v) is 5.39. The number of hydrogen-bond acceptors (Lipinski definition) is 3. The molecule has 0 saturated carbocycles. The quantitative estimate of drug-likeness (QED) is 0.789. The van der Waals surface area contributed by atoms with Crippen molar-refractivity contribution in [2.75, 3.05) is 6.61 Å². The van der Waals surface area contributed by atoms with Gasteiger partial charge in [0.25, 0.3) is 0 Å². The van der Waals surface area contributed by atoms with Crippen LogP contribution in [-0.2, 0) is 4.74 Å². The molecule has 0 unspecified atom stereocenters. The van der Waals surface area contributed by atoms with Crippen molar-refractivity contribution in [1.29, 1.82) is 0 Å². The number of alkyl carbamates (subject to hydrolysis) is 1. The molecule has 0 bridgehead atoms. The zero-order valence-corrected chi connectivity index (χ0v) is 9.01. The van der Waals surface area contributed by atoms with Gasteiger partial charge in [-0.1, -0.05) is 30.3 Å². The highest BCUT2D eigenvalue weighted by molar-refractivity contribution is 5.91. The molecule has 2 aromatic rings. The van der Waals surface area contributed by atoms with Gasteiger partial charge in [-0.15, -0.1) is 0 Å². The van der Waals surface area contributed by atoms with Crippen LogP contribution in [0.2, 0.25) is 0 Å². The maximum atomic E-state index is 11.0. The molecule has 86 valence electrons. The normalized spacial score (nSPS) is 19.1. The number of carbonyl (C=O) groups excluding carboxylic acids is 1. The number of amides is 1. The Labute approximate surface area is 97.8 Å². The molecule has 4 nitrogen and oxygen atoms in total. The molecule has 1 heterocycles. The molecule has 4 heteroatoms. The molecular weight excluding hydrogens is 218 g/mol. The predicted octanol–water partition coefficient (Wildman–Crippen LogP) is 2.33. The van der Waals surface area contributed by atoms with Crippen molar-refractivity contribution in [2.24, 2.45) is 0 Å². The summed E-state index contributed by atoms with van der Waals surface area (Å²) in [6.45, 7) is 0.327. The number of ether oxygens (including phenoxy) is 1. The van der Waals surface area contributed by atoms with Crippen LogP contribution in [0.3, 0.4) is 0 Å². The number of fused-ring (bicyclic) bond motifs is 1. The Morgan fingerprint density at radius 1 is 1.18 bits per heavy atom. The van der Waals surface area contributed by atoms with Crippen molar-refractivity contribution in [3.05, 3.63) is 42.0 Å². The number of phenols is 1. The standard InChI is InChI=1S/C13H11NO3/c15-12-6-5-9(11-7-17-13(16)14-11)8-3-1-2-4-10(8)12/h1-6,11,15H,7H2,(H,14,16)/t11-/m1/s1. The summed E-state index contributed by atoms with van der Waals surface area (Å²) < 4.78 is 4.89. The van der Waals surface area contributed by atoms with E-state index in [-0.39, 0.29) is 11.8 Å². The third-order valence-electron chi connectivity index (χ3n) is 2.98. The average Bonchev–Trinajstić information content (AvgIpc) is 2.77. The van der Waals surface area contributed by atoms with E-state index in [0.717, 1.165) is 16.3 Å². The summed E-state index contributed by atoms with van der Waals surface area (Å²) in [5, 5.41) is 14.2. The van der Waals surface area contributed by atoms with E-state index in [1.54, 1.807) is 6.07 Å². The van der Waals surface area contributed by atoms with Crippen LogP contribution >= 0.6 is 0 Å². The topological polar surface area (TPSA) is 58.6 Å². The van der Waals surface area contributed by atoms with Gasteiger partial charge in [-0.3, -0.25) is 0 Å². The second-order valence-corrected chi connectivity index (χ2v) is 4.01. The Morgan fingerprint density at radius 2 is 1.94 bits per heavy atom. The van der Waals surface area contributed by atoms with E-state index in [1.807, 2.05) is 30.3 Å². The zero-order valence-electron chi connectivity index (χ0n) is 9.01. The van der Waals surface area contributed by atoms with E-state index in [1.165, 1.54) is 0 Å². The van der Waals surface area contributed by atoms with Crippen molar-refractivity contribution >= 4 is 16.9 Å². The Balaban J connectivity index is 2.17. The van der Waals surface area contributed by atoms with Gasteiger partial charge in [0.05, 0.1) is 6.04 Å². The average molecular weight is 229 g/mol. The van der Waals surface area contributed by atoms with Gasteiger partial charge >= 0.3 is 6.09 Å². The Bertz CT molecular complexity index is 594. The predicted molar refractivity (Wildman–Crippen MR) is 62.8 cm³/mol. The van der Waals surface area contributed by atoms with Crippen molar-refractivity contribution in [2.45, 2.75) is 6.04 Å². The molecule has 0 spiro atoms. The monoisotopic (exact) mass is 229 g/mol. The first kappa shape index (κ1) is 9.96. The van der Waals surface area contributed by atoms with Crippen molar-refractivity contribution < 1.29 is 14.6 Å². The number of nitrogens with one attached hydrogen (secondary N) is 1. The van der Waals surface area contributed by atoms with Crippen molar-refractivity contribution in [1.82, 2.24) is 5.32 Å². The first-order valence-electron chi connectivity index (χ1n) is 5.39. The molecular formula is C13H11NO3. The van der Waals surface area contributed by atoms with Crippen LogP contribution in [0.15, 0.2) is 36.4 Å². The fraction of sp³-hybridized carbons (Fsp3) is 0.154. The highest BCUT2D eigenvalue weighted by atomic mass is 16.6. The minimum atomic E-state index is -0.396. The van der Waals surface area contributed by atoms with E-state index >= 15 is 0 Å². The Hall–Kier alpha value is -2.23. The van der Waals surface area contributed by atoms with E-state index < -0.39 is 6.09 Å². The minimum Gasteiger partial charge on any atom is -0.507 e. The van der Waals surface area contributed by atoms with Crippen LogP contribution in [0.25, 0.3) is 10.8 Å². The largest absolute Gasteiger partial charge is 0.507 e. The van der Waals surface area contributed by atoms with Gasteiger partial charge in [-0.05, 0) is 17.0 Å². The fourth-order valence-electron chi connectivity index (χ4n) is 2.16. The lowest BCUT2D eigenvalue weighted by atomic mass is 9.99. The minimum absolute atomic E-state index is 0.145. The molecule has 1 saturated heterocycles. The maximum Gasteiger partial charge on any atom is 0.407 e. The third kappa shape index (κ3) is 1.58. The lowest BCUT2D eigenvalue weighted by Crippen LogP contribution is -2.18. The van der Waals surface area contributed by atoms with E-state index in [0.29, 0.717) is 6.61 Å². The summed E-state index contributed by atoms with van der Waals surface area (Å²) in [5.74, 6) is 0.245. The van der Waals surface area contributed by atoms with Crippen LogP contribution in [0.5, 0.6) is 5.75 Å². The molecule has 1 amide bonds. The van der Waals surface area contributed by atoms with E-state index in [2.05, 4.69) is 5.32 Å². The van der Waals surface area contributed by atoms with Gasteiger partial charge in [-0.2, -0.15) is 0 Å². The summed E-state index contributed by atoms with van der Waals surface area (Å²) in [7, 11) is 0. The lowest BCUT2D eigenvalue weighted by Gasteiger charge is -2.12. The molecule has 0 radical (unpaired) electrons. The second kappa shape index (κ2) is 3.66. The van der Waals surface area contributed by atoms with Gasteiger partial charge in [0.1, 0.15) is 12.4 Å². The molecule has 3 rings (SSSR count). The molecule has 1 aliphatic heterocycles. The molecule has 0 aliphatic carbocycles. The number of carbonyl (C=O) groups is 1. The number of aromatic hydroxyl groups is 1. The van der Waals surface area contributed by atoms with Gasteiger partial charge in [-0.25, -0.2) is 4.79 Å². The van der Waals surface area contributed by atoms with Crippen molar-refractivity contribution in [3.8, 4) is 5.75 Å². The Kier molecular flexibility index (Phi) is 2.14. The van der Waals surface area contributed by atoms with Gasteiger partial charge in [0.15, 0.2) is 0 Å². The zero-order chi connectivity index (χ0) is 11.8. The number of benzene rings is 2. The van der Waals surface area contributed by atoms with Crippen LogP contribution in [0.1, 0.15) is 11.6 Å². The smallest absolute Gasteiger partial charge is 0.407 e. The van der Waals surface area contributed by atoms with Gasteiger partial charge in [0, 0.05) is 5.39 Å². The summed E-state index contributed by atoms with van der Waals surface area (Å²) in [5.41, 5.74) is 0.962. The van der Waals surface area contributed by atoms with Gasteiger partial charge < -0.3 is 15.2 Å². The molecule has 1 fully saturated rings. The Morgan fingerprint density at radius 3 is 2.65 bits per heavy atom. The number of cyclic esters (lactones) is 1. The van der Waals surface area contributed by atoms with Crippen molar-refractivity contribution in [3.63, 3.8) is 0 Å². The third-order valence-corrected chi connectivity index (χ3v) is 2.98. The fourth-order valence-corrected chi connectivity index (χ4v) is 2.16. The molecule has 1 aliphatic rings. The number of rotatable bonds is 1. The maximum absolute atomic E-state index is 11.0. The van der Waals surface area contributed by atoms with E-state index in [9.17, 15) is 9.90 Å². The van der Waals surface area contributed by atoms with Gasteiger partial charge in [0.2, 0.25) is 0 Å². The molecule has 2 N–H and O–H groups in total. The van der Waals surface area contributed by atoms with Crippen LogP contribution in [0, 0.1) is 0 Å². The van der Waals surface area contributed by atoms with Crippen LogP contribution in [0.4, 0.5) is 4.79 Å². The van der Waals surface area contributed by atoms with Crippen LogP contribution < -0.4 is 5.32 Å². The SMILES string of the molecule is O=C1N[C@@H](c2ccc(O)c3ccccc23)CO1. The number of hydrogen-bond donors (Lipinski definition) is 2. The lowest BCUT2D eigenvalue weighted by molar-refractivity contribution is 0.177. The summed E-state index contributed by atoms with van der Waals surface area (Å²) in [6.07, 6.45) is -0.396. The number of phenolic OH excluding ortho intramolecular Hbond substituents is 1. The molecule has 2 aromatic carbocycles. The highest BCUT2D eigenvalue weighted by Crippen LogP contribution is 2.31. The summed E-state index contributed by atoms with van der Waals surface area (Å²) in [4.78, 5) is 11.0. The highest BCUT2D eigenvalue weighted by Gasteiger charge is 2.25. The summed E-state index contributed by atoms with van der Waals surface area (Å²) in [6, 6.07) is 10.9. The first-order chi connectivity index (χ1) is 8.25. The molecule has 17 heavy (non-hydrogen) atoms. The molecule has 0 aromatic heterocycles. The molecule has 1 atom stereocenters.